The molecule has 0 bridgehead atoms. The molecule has 0 saturated carbocycles. The minimum Gasteiger partial charge on any atom is -0.399 e. The molecule has 0 radical (unpaired) electrons. The number of imidazole rings is 1. The van der Waals surface area contributed by atoms with Crippen molar-refractivity contribution in [2.24, 2.45) is 0 Å². The number of anilines is 1. The van der Waals surface area contributed by atoms with Crippen LogP contribution in [0.1, 0.15) is 32.1 Å². The van der Waals surface area contributed by atoms with Crippen LogP contribution in [0.3, 0.4) is 0 Å². The minimum absolute atomic E-state index is 0.485. The number of benzene rings is 1. The summed E-state index contributed by atoms with van der Waals surface area (Å²) in [4.78, 5) is 4.53. The maximum Gasteiger partial charge on any atom is 0.106 e. The van der Waals surface area contributed by atoms with Gasteiger partial charge in [0.2, 0.25) is 0 Å². The third-order valence-corrected chi connectivity index (χ3v) is 2.92. The molecular formula is C12H17N3. The molecule has 15 heavy (non-hydrogen) atoms. The summed E-state index contributed by atoms with van der Waals surface area (Å²) in [6.45, 7) is 6.44. The van der Waals surface area contributed by atoms with E-state index in [1.54, 1.807) is 0 Å². The fraction of sp³-hybridized carbons (Fsp3) is 0.417. The fourth-order valence-electron chi connectivity index (χ4n) is 1.98. The molecule has 0 spiro atoms. The Kier molecular flexibility index (Phi) is 2.39. The van der Waals surface area contributed by atoms with Crippen molar-refractivity contribution in [3.63, 3.8) is 0 Å². The predicted octanol–water partition coefficient (Wildman–Crippen LogP) is 2.90. The van der Waals surface area contributed by atoms with E-state index < -0.39 is 0 Å². The van der Waals surface area contributed by atoms with Gasteiger partial charge in [0.15, 0.2) is 0 Å². The second kappa shape index (κ2) is 3.57. The molecule has 2 aromatic rings. The van der Waals surface area contributed by atoms with Crippen molar-refractivity contribution in [2.45, 2.75) is 33.2 Å². The smallest absolute Gasteiger partial charge is 0.106 e. The van der Waals surface area contributed by atoms with Crippen LogP contribution in [0.15, 0.2) is 18.2 Å². The van der Waals surface area contributed by atoms with Crippen LogP contribution < -0.4 is 5.73 Å². The summed E-state index contributed by atoms with van der Waals surface area (Å²) in [5, 5.41) is 0. The summed E-state index contributed by atoms with van der Waals surface area (Å²) in [5.74, 6) is 1.06. The van der Waals surface area contributed by atoms with E-state index in [9.17, 15) is 0 Å². The van der Waals surface area contributed by atoms with Crippen molar-refractivity contribution in [1.82, 2.24) is 9.55 Å². The van der Waals surface area contributed by atoms with Crippen LogP contribution >= 0.6 is 0 Å². The number of aryl methyl sites for hydroxylation is 1. The van der Waals surface area contributed by atoms with Crippen molar-refractivity contribution in [2.75, 3.05) is 5.73 Å². The molecule has 1 heterocycles. The standard InChI is InChI=1S/C12H17N3/c1-4-8(2)15-9(3)14-11-7-10(13)5-6-12(11)15/h5-8H,4,13H2,1-3H3/t8-/m0/s1. The lowest BCUT2D eigenvalue weighted by molar-refractivity contribution is 0.532. The van der Waals surface area contributed by atoms with Gasteiger partial charge in [-0.15, -0.1) is 0 Å². The van der Waals surface area contributed by atoms with E-state index in [4.69, 9.17) is 5.73 Å². The highest BCUT2D eigenvalue weighted by Gasteiger charge is 2.11. The highest BCUT2D eigenvalue weighted by atomic mass is 15.1. The lowest BCUT2D eigenvalue weighted by atomic mass is 10.2. The first-order chi connectivity index (χ1) is 7.13. The molecule has 3 nitrogen and oxygen atoms in total. The zero-order valence-corrected chi connectivity index (χ0v) is 9.49. The van der Waals surface area contributed by atoms with Gasteiger partial charge in [-0.25, -0.2) is 4.98 Å². The summed E-state index contributed by atoms with van der Waals surface area (Å²) in [7, 11) is 0. The predicted molar refractivity (Wildman–Crippen MR) is 63.9 cm³/mol. The molecule has 0 unspecified atom stereocenters. The first kappa shape index (κ1) is 10.0. The van der Waals surface area contributed by atoms with E-state index in [1.807, 2.05) is 19.1 Å². The molecule has 1 aromatic heterocycles. The molecule has 2 N–H and O–H groups in total. The molecule has 0 fully saturated rings. The first-order valence-corrected chi connectivity index (χ1v) is 5.37. The van der Waals surface area contributed by atoms with Crippen LogP contribution in [-0.2, 0) is 0 Å². The number of hydrogen-bond donors (Lipinski definition) is 1. The lowest BCUT2D eigenvalue weighted by Gasteiger charge is -2.13. The topological polar surface area (TPSA) is 43.8 Å². The Morgan fingerprint density at radius 2 is 2.20 bits per heavy atom. The van der Waals surface area contributed by atoms with Crippen molar-refractivity contribution < 1.29 is 0 Å². The molecule has 0 amide bonds. The van der Waals surface area contributed by atoms with E-state index in [0.717, 1.165) is 23.4 Å². The summed E-state index contributed by atoms with van der Waals surface area (Å²) < 4.78 is 2.27. The molecular weight excluding hydrogens is 186 g/mol. The highest BCUT2D eigenvalue weighted by molar-refractivity contribution is 5.79. The number of nitrogens with zero attached hydrogens (tertiary/aromatic N) is 2. The Balaban J connectivity index is 2.68. The zero-order valence-electron chi connectivity index (χ0n) is 9.49. The van der Waals surface area contributed by atoms with E-state index in [-0.39, 0.29) is 0 Å². The Labute approximate surface area is 89.9 Å². The number of nitrogen functional groups attached to an aromatic ring is 1. The van der Waals surface area contributed by atoms with Gasteiger partial charge in [-0.05, 0) is 38.5 Å². The second-order valence-corrected chi connectivity index (χ2v) is 4.03. The van der Waals surface area contributed by atoms with Gasteiger partial charge in [0.25, 0.3) is 0 Å². The monoisotopic (exact) mass is 203 g/mol. The average molecular weight is 203 g/mol. The second-order valence-electron chi connectivity index (χ2n) is 4.03. The van der Waals surface area contributed by atoms with Gasteiger partial charge in [0.1, 0.15) is 5.82 Å². The normalized spacial score (nSPS) is 13.3. The highest BCUT2D eigenvalue weighted by Crippen LogP contribution is 2.23. The average Bonchev–Trinajstić information content (AvgIpc) is 2.52. The van der Waals surface area contributed by atoms with Gasteiger partial charge in [-0.3, -0.25) is 0 Å². The van der Waals surface area contributed by atoms with Crippen LogP contribution in [0, 0.1) is 6.92 Å². The number of nitrogens with two attached hydrogens (primary N) is 1. The van der Waals surface area contributed by atoms with Crippen LogP contribution in [0.2, 0.25) is 0 Å². The lowest BCUT2D eigenvalue weighted by Crippen LogP contribution is -2.05. The van der Waals surface area contributed by atoms with Gasteiger partial charge in [-0.2, -0.15) is 0 Å². The van der Waals surface area contributed by atoms with Gasteiger partial charge >= 0.3 is 0 Å². The van der Waals surface area contributed by atoms with Gasteiger partial charge < -0.3 is 10.3 Å². The molecule has 1 atom stereocenters. The van der Waals surface area contributed by atoms with Crippen molar-refractivity contribution in [3.05, 3.63) is 24.0 Å². The maximum absolute atomic E-state index is 5.74. The molecule has 2 rings (SSSR count). The molecule has 3 heteroatoms. The van der Waals surface area contributed by atoms with Crippen molar-refractivity contribution in [1.29, 1.82) is 0 Å². The number of hydrogen-bond acceptors (Lipinski definition) is 2. The van der Waals surface area contributed by atoms with E-state index in [1.165, 1.54) is 5.52 Å². The summed E-state index contributed by atoms with van der Waals surface area (Å²) in [6.07, 6.45) is 1.11. The van der Waals surface area contributed by atoms with Gasteiger partial charge in [0, 0.05) is 11.7 Å². The third-order valence-electron chi connectivity index (χ3n) is 2.92. The Morgan fingerprint density at radius 1 is 1.47 bits per heavy atom. The Hall–Kier alpha value is -1.51. The summed E-state index contributed by atoms with van der Waals surface area (Å²) in [6, 6.07) is 6.40. The van der Waals surface area contributed by atoms with E-state index >= 15 is 0 Å². The van der Waals surface area contributed by atoms with Crippen LogP contribution in [-0.4, -0.2) is 9.55 Å². The van der Waals surface area contributed by atoms with Gasteiger partial charge in [0.05, 0.1) is 11.0 Å². The quantitative estimate of drug-likeness (QED) is 0.763. The molecule has 1 aromatic carbocycles. The molecule has 0 aliphatic carbocycles. The fourth-order valence-corrected chi connectivity index (χ4v) is 1.98. The number of fused-ring (bicyclic) bond motifs is 1. The number of aromatic nitrogens is 2. The molecule has 0 aliphatic rings. The minimum atomic E-state index is 0.485. The molecule has 0 saturated heterocycles. The SMILES string of the molecule is CC[C@H](C)n1c(C)nc2cc(N)ccc21. The summed E-state index contributed by atoms with van der Waals surface area (Å²) >= 11 is 0. The zero-order chi connectivity index (χ0) is 11.0. The van der Waals surface area contributed by atoms with Crippen molar-refractivity contribution in [3.8, 4) is 0 Å². The Morgan fingerprint density at radius 3 is 2.87 bits per heavy atom. The first-order valence-electron chi connectivity index (χ1n) is 5.37. The van der Waals surface area contributed by atoms with Crippen LogP contribution in [0.5, 0.6) is 0 Å². The van der Waals surface area contributed by atoms with Crippen molar-refractivity contribution >= 4 is 16.7 Å². The number of rotatable bonds is 2. The third kappa shape index (κ3) is 1.58. The Bertz CT molecular complexity index is 485. The van der Waals surface area contributed by atoms with E-state index in [2.05, 4.69) is 29.5 Å². The van der Waals surface area contributed by atoms with Crippen LogP contribution in [0.25, 0.3) is 11.0 Å². The summed E-state index contributed by atoms with van der Waals surface area (Å²) in [5.41, 5.74) is 8.69. The van der Waals surface area contributed by atoms with Gasteiger partial charge in [-0.1, -0.05) is 6.92 Å². The van der Waals surface area contributed by atoms with Crippen LogP contribution in [0.4, 0.5) is 5.69 Å². The largest absolute Gasteiger partial charge is 0.399 e. The molecule has 0 aliphatic heterocycles. The maximum atomic E-state index is 5.74. The molecule has 80 valence electrons. The van der Waals surface area contributed by atoms with E-state index in [0.29, 0.717) is 6.04 Å².